The first kappa shape index (κ1) is 18.0. The molecule has 2 amide bonds. The van der Waals surface area contributed by atoms with Crippen LogP contribution in [-0.2, 0) is 9.59 Å². The number of furan rings is 2. The molecule has 0 fully saturated rings. The Morgan fingerprint density at radius 3 is 2.27 bits per heavy atom. The second-order valence-electron chi connectivity index (χ2n) is 6.41. The van der Waals surface area contributed by atoms with E-state index in [0.29, 0.717) is 18.1 Å². The van der Waals surface area contributed by atoms with Crippen molar-refractivity contribution >= 4 is 11.8 Å². The molecule has 138 valence electrons. The van der Waals surface area contributed by atoms with E-state index in [1.165, 1.54) is 18.4 Å². The van der Waals surface area contributed by atoms with Gasteiger partial charge in [0.15, 0.2) is 0 Å². The van der Waals surface area contributed by atoms with Gasteiger partial charge in [0.1, 0.15) is 11.5 Å². The summed E-state index contributed by atoms with van der Waals surface area (Å²) in [6.45, 7) is 0.705. The Morgan fingerprint density at radius 1 is 1.00 bits per heavy atom. The molecule has 2 heterocycles. The summed E-state index contributed by atoms with van der Waals surface area (Å²) in [5.41, 5.74) is 1.37. The Hall–Kier alpha value is -2.76. The first-order valence-electron chi connectivity index (χ1n) is 9.05. The molecule has 0 spiro atoms. The maximum atomic E-state index is 12.1. The van der Waals surface area contributed by atoms with Gasteiger partial charge in [-0.25, -0.2) is 0 Å². The summed E-state index contributed by atoms with van der Waals surface area (Å²) >= 11 is 0. The minimum Gasteiger partial charge on any atom is -0.469 e. The predicted molar refractivity (Wildman–Crippen MR) is 96.4 cm³/mol. The highest BCUT2D eigenvalue weighted by molar-refractivity contribution is 6.35. The maximum absolute atomic E-state index is 12.1. The Labute approximate surface area is 152 Å². The van der Waals surface area contributed by atoms with E-state index < -0.39 is 11.8 Å². The quantitative estimate of drug-likeness (QED) is 0.590. The Bertz CT molecular complexity index is 698. The molecule has 2 N–H and O–H groups in total. The molecular formula is C20H24N2O4. The van der Waals surface area contributed by atoms with Crippen LogP contribution in [0.5, 0.6) is 0 Å². The fourth-order valence-electron chi connectivity index (χ4n) is 3.14. The molecule has 0 atom stereocenters. The van der Waals surface area contributed by atoms with Gasteiger partial charge in [0.25, 0.3) is 0 Å². The van der Waals surface area contributed by atoms with Crippen LogP contribution >= 0.6 is 0 Å². The molecular weight excluding hydrogens is 332 g/mol. The number of amides is 2. The molecule has 3 rings (SSSR count). The van der Waals surface area contributed by atoms with E-state index in [9.17, 15) is 9.59 Å². The van der Waals surface area contributed by atoms with Crippen LogP contribution in [0.25, 0.3) is 0 Å². The minimum absolute atomic E-state index is 0.221. The van der Waals surface area contributed by atoms with E-state index in [-0.39, 0.29) is 12.5 Å². The molecule has 0 bridgehead atoms. The molecule has 2 aromatic rings. The van der Waals surface area contributed by atoms with Crippen LogP contribution in [0.2, 0.25) is 0 Å². The largest absolute Gasteiger partial charge is 0.469 e. The highest BCUT2D eigenvalue weighted by Gasteiger charge is 2.22. The number of hydrogen-bond acceptors (Lipinski definition) is 4. The fraction of sp³-hybridized carbons (Fsp3) is 0.400. The van der Waals surface area contributed by atoms with Crippen molar-refractivity contribution in [1.82, 2.24) is 10.6 Å². The van der Waals surface area contributed by atoms with E-state index in [1.54, 1.807) is 24.7 Å². The Morgan fingerprint density at radius 2 is 1.69 bits per heavy atom. The van der Waals surface area contributed by atoms with Crippen molar-refractivity contribution in [3.63, 3.8) is 0 Å². The highest BCUT2D eigenvalue weighted by atomic mass is 16.3. The maximum Gasteiger partial charge on any atom is 0.309 e. The molecule has 1 aliphatic carbocycles. The lowest BCUT2D eigenvalue weighted by atomic mass is 9.97. The van der Waals surface area contributed by atoms with Gasteiger partial charge in [-0.15, -0.1) is 0 Å². The van der Waals surface area contributed by atoms with Crippen molar-refractivity contribution < 1.29 is 18.4 Å². The topological polar surface area (TPSA) is 84.5 Å². The SMILES string of the molecule is O=C(NCCC1=CCCCC1)C(=O)NCC(c1ccco1)c1ccco1. The van der Waals surface area contributed by atoms with Crippen molar-refractivity contribution in [3.05, 3.63) is 60.0 Å². The van der Waals surface area contributed by atoms with Crippen molar-refractivity contribution in [2.45, 2.75) is 38.0 Å². The number of allylic oxidation sites excluding steroid dienone is 1. The van der Waals surface area contributed by atoms with E-state index in [0.717, 1.165) is 19.3 Å². The minimum atomic E-state index is -0.647. The molecule has 0 saturated heterocycles. The van der Waals surface area contributed by atoms with Crippen LogP contribution in [0, 0.1) is 0 Å². The second-order valence-corrected chi connectivity index (χ2v) is 6.41. The number of hydrogen-bond donors (Lipinski definition) is 2. The third-order valence-electron chi connectivity index (χ3n) is 4.56. The predicted octanol–water partition coefficient (Wildman–Crippen LogP) is 3.13. The van der Waals surface area contributed by atoms with Gasteiger partial charge in [-0.05, 0) is 56.4 Å². The Kier molecular flexibility index (Phi) is 6.30. The fourth-order valence-corrected chi connectivity index (χ4v) is 3.14. The normalized spacial score (nSPS) is 14.1. The standard InChI is InChI=1S/C20H24N2O4/c23-19(21-11-10-15-6-2-1-3-7-15)20(24)22-14-16(17-8-4-12-25-17)18-9-5-13-26-18/h4-6,8-9,12-13,16H,1-3,7,10-11,14H2,(H,21,23)(H,22,24). The lowest BCUT2D eigenvalue weighted by molar-refractivity contribution is -0.139. The van der Waals surface area contributed by atoms with Crippen LogP contribution in [0.15, 0.2) is 57.3 Å². The van der Waals surface area contributed by atoms with E-state index in [4.69, 9.17) is 8.83 Å². The summed E-state index contributed by atoms with van der Waals surface area (Å²) in [5.74, 6) is -0.191. The molecule has 2 aromatic heterocycles. The van der Waals surface area contributed by atoms with Gasteiger partial charge in [-0.1, -0.05) is 11.6 Å². The smallest absolute Gasteiger partial charge is 0.309 e. The van der Waals surface area contributed by atoms with Gasteiger partial charge in [-0.3, -0.25) is 9.59 Å². The van der Waals surface area contributed by atoms with Crippen molar-refractivity contribution in [2.24, 2.45) is 0 Å². The molecule has 0 unspecified atom stereocenters. The average molecular weight is 356 g/mol. The zero-order valence-electron chi connectivity index (χ0n) is 14.7. The average Bonchev–Trinajstić information content (AvgIpc) is 3.37. The summed E-state index contributed by atoms with van der Waals surface area (Å²) in [6, 6.07) is 7.19. The molecule has 0 radical (unpaired) electrons. The first-order valence-corrected chi connectivity index (χ1v) is 9.05. The zero-order valence-corrected chi connectivity index (χ0v) is 14.7. The van der Waals surface area contributed by atoms with Crippen LogP contribution in [0.1, 0.15) is 49.5 Å². The van der Waals surface area contributed by atoms with E-state index >= 15 is 0 Å². The third kappa shape index (κ3) is 4.88. The second kappa shape index (κ2) is 9.08. The first-order chi connectivity index (χ1) is 12.7. The van der Waals surface area contributed by atoms with Gasteiger partial charge in [0.2, 0.25) is 0 Å². The molecule has 1 aliphatic rings. The molecule has 26 heavy (non-hydrogen) atoms. The van der Waals surface area contributed by atoms with Gasteiger partial charge < -0.3 is 19.5 Å². The molecule has 6 heteroatoms. The summed E-state index contributed by atoms with van der Waals surface area (Å²) in [7, 11) is 0. The van der Waals surface area contributed by atoms with Crippen molar-refractivity contribution in [3.8, 4) is 0 Å². The number of rotatable bonds is 7. The summed E-state index contributed by atoms with van der Waals surface area (Å²) in [4.78, 5) is 24.1. The third-order valence-corrected chi connectivity index (χ3v) is 4.56. The Balaban J connectivity index is 1.47. The van der Waals surface area contributed by atoms with Crippen LogP contribution in [0.4, 0.5) is 0 Å². The molecule has 0 aromatic carbocycles. The van der Waals surface area contributed by atoms with E-state index in [1.807, 2.05) is 12.1 Å². The number of nitrogens with one attached hydrogen (secondary N) is 2. The van der Waals surface area contributed by atoms with Crippen molar-refractivity contribution in [1.29, 1.82) is 0 Å². The lowest BCUT2D eigenvalue weighted by Gasteiger charge is -2.14. The summed E-state index contributed by atoms with van der Waals surface area (Å²) in [5, 5.41) is 5.35. The number of carbonyl (C=O) groups is 2. The molecule has 6 nitrogen and oxygen atoms in total. The van der Waals surface area contributed by atoms with Gasteiger partial charge in [-0.2, -0.15) is 0 Å². The highest BCUT2D eigenvalue weighted by Crippen LogP contribution is 2.24. The van der Waals surface area contributed by atoms with Crippen LogP contribution in [-0.4, -0.2) is 24.9 Å². The molecule has 0 aliphatic heterocycles. The monoisotopic (exact) mass is 356 g/mol. The van der Waals surface area contributed by atoms with E-state index in [2.05, 4.69) is 16.7 Å². The van der Waals surface area contributed by atoms with Crippen LogP contribution in [0.3, 0.4) is 0 Å². The van der Waals surface area contributed by atoms with Gasteiger partial charge >= 0.3 is 11.8 Å². The van der Waals surface area contributed by atoms with Gasteiger partial charge in [0.05, 0.1) is 18.4 Å². The van der Waals surface area contributed by atoms with Crippen LogP contribution < -0.4 is 10.6 Å². The molecule has 0 saturated carbocycles. The summed E-state index contributed by atoms with van der Waals surface area (Å²) in [6.07, 6.45) is 10.8. The zero-order chi connectivity index (χ0) is 18.2. The summed E-state index contributed by atoms with van der Waals surface area (Å²) < 4.78 is 10.9. The lowest BCUT2D eigenvalue weighted by Crippen LogP contribution is -2.41. The van der Waals surface area contributed by atoms with Crippen molar-refractivity contribution in [2.75, 3.05) is 13.1 Å². The van der Waals surface area contributed by atoms with Gasteiger partial charge in [0, 0.05) is 13.1 Å². The number of carbonyl (C=O) groups excluding carboxylic acids is 2.